The Balaban J connectivity index is 1.29. The zero-order valence-corrected chi connectivity index (χ0v) is 33.6. The van der Waals surface area contributed by atoms with Crippen LogP contribution in [0, 0.1) is 23.7 Å². The zero-order valence-electron chi connectivity index (χ0n) is 33.6. The molecule has 4 unspecified atom stereocenters. The second kappa shape index (κ2) is 20.9. The van der Waals surface area contributed by atoms with Crippen LogP contribution in [0.2, 0.25) is 0 Å². The lowest BCUT2D eigenvalue weighted by Crippen LogP contribution is -2.58. The van der Waals surface area contributed by atoms with Gasteiger partial charge in [0.05, 0.1) is 31.9 Å². The first-order valence-corrected chi connectivity index (χ1v) is 20.7. The number of nitrogens with one attached hydrogen (secondary N) is 4. The van der Waals surface area contributed by atoms with Crippen molar-refractivity contribution in [2.75, 3.05) is 32.8 Å². The minimum Gasteiger partial charge on any atom is -0.379 e. The maximum Gasteiger partial charge on any atom is 0.243 e. The number of benzene rings is 2. The van der Waals surface area contributed by atoms with Crippen molar-refractivity contribution in [1.29, 1.82) is 0 Å². The highest BCUT2D eigenvalue weighted by Gasteiger charge is 2.49. The normalized spacial score (nSPS) is 21.2. The summed E-state index contributed by atoms with van der Waals surface area (Å²) in [6.45, 7) is 13.1. The molecule has 2 saturated heterocycles. The fourth-order valence-electron chi connectivity index (χ4n) is 7.73. The molecule has 3 aliphatic rings. The monoisotopic (exact) mass is 759 g/mol. The van der Waals surface area contributed by atoms with E-state index in [0.717, 1.165) is 29.9 Å². The van der Waals surface area contributed by atoms with E-state index in [1.807, 2.05) is 79.4 Å². The molecule has 302 valence electrons. The van der Waals surface area contributed by atoms with Crippen molar-refractivity contribution in [3.63, 3.8) is 0 Å². The number of hydrogen-bond donors (Lipinski definition) is 4. The highest BCUT2D eigenvalue weighted by molar-refractivity contribution is 5.94. The SMILES string of the molecule is CC(C)CC(NC(=O)[C@H](CCc1ccccc1)NC(=O)CN1CCOCC1)C(=O)N[C@@H](Cc1ccccc1)C(=O)NC(CC(C)C)C1OC1[C@H](C)CC1CC1. The predicted octanol–water partition coefficient (Wildman–Crippen LogP) is 4.43. The van der Waals surface area contributed by atoms with Gasteiger partial charge in [0.2, 0.25) is 23.6 Å². The molecule has 55 heavy (non-hydrogen) atoms. The first-order valence-electron chi connectivity index (χ1n) is 20.7. The van der Waals surface area contributed by atoms with Gasteiger partial charge in [-0.1, -0.05) is 108 Å². The summed E-state index contributed by atoms with van der Waals surface area (Å²) in [4.78, 5) is 57.8. The van der Waals surface area contributed by atoms with E-state index in [-0.39, 0.29) is 42.5 Å². The quantitative estimate of drug-likeness (QED) is 0.130. The fraction of sp³-hybridized carbons (Fsp3) is 0.636. The van der Waals surface area contributed by atoms with Gasteiger partial charge in [-0.25, -0.2) is 0 Å². The van der Waals surface area contributed by atoms with Crippen LogP contribution in [0.5, 0.6) is 0 Å². The molecule has 1 aliphatic carbocycles. The largest absolute Gasteiger partial charge is 0.379 e. The van der Waals surface area contributed by atoms with E-state index >= 15 is 0 Å². The molecule has 0 radical (unpaired) electrons. The molecular weight excluding hydrogens is 695 g/mol. The van der Waals surface area contributed by atoms with E-state index in [0.29, 0.717) is 63.8 Å². The Labute approximate surface area is 328 Å². The fourth-order valence-corrected chi connectivity index (χ4v) is 7.73. The van der Waals surface area contributed by atoms with Crippen molar-refractivity contribution in [2.24, 2.45) is 23.7 Å². The summed E-state index contributed by atoms with van der Waals surface area (Å²) in [5.41, 5.74) is 1.96. The number of epoxide rings is 1. The standard InChI is InChI=1S/C44H65N5O6/c1-29(2)24-36(41-40(55-41)31(5)26-34-16-17-34)46-44(53)38(27-33-14-10-7-11-15-33)48-43(52)37(25-30(3)4)47-42(51)35(19-18-32-12-8-6-9-13-32)45-39(50)28-49-20-22-54-23-21-49/h6-15,29-31,34-38,40-41H,16-28H2,1-5H3,(H,45,50)(H,46,53)(H,47,51)(H,48,52)/t31-,35+,36?,37?,38+,40?,41?/m1/s1. The molecule has 0 bridgehead atoms. The van der Waals surface area contributed by atoms with Crippen LogP contribution in [0.1, 0.15) is 84.3 Å². The van der Waals surface area contributed by atoms with Crippen LogP contribution < -0.4 is 21.3 Å². The summed E-state index contributed by atoms with van der Waals surface area (Å²) in [5.74, 6) is 0.262. The Morgan fingerprint density at radius 2 is 1.27 bits per heavy atom. The number of hydrogen-bond acceptors (Lipinski definition) is 7. The molecule has 11 heteroatoms. The molecule has 7 atom stereocenters. The van der Waals surface area contributed by atoms with Crippen LogP contribution >= 0.6 is 0 Å². The summed E-state index contributed by atoms with van der Waals surface area (Å²) < 4.78 is 11.7. The molecule has 2 aromatic carbocycles. The zero-order chi connectivity index (χ0) is 39.3. The maximum absolute atomic E-state index is 14.2. The lowest BCUT2D eigenvalue weighted by atomic mass is 9.92. The van der Waals surface area contributed by atoms with Gasteiger partial charge >= 0.3 is 0 Å². The van der Waals surface area contributed by atoms with E-state index in [4.69, 9.17) is 9.47 Å². The van der Waals surface area contributed by atoms with Crippen LogP contribution in [-0.4, -0.2) is 97.8 Å². The highest BCUT2D eigenvalue weighted by Crippen LogP contribution is 2.42. The van der Waals surface area contributed by atoms with Crippen molar-refractivity contribution < 1.29 is 28.7 Å². The van der Waals surface area contributed by atoms with E-state index in [9.17, 15) is 19.2 Å². The lowest BCUT2D eigenvalue weighted by Gasteiger charge is -2.29. The number of ether oxygens (including phenoxy) is 2. The Kier molecular flexibility index (Phi) is 16.1. The van der Waals surface area contributed by atoms with Crippen molar-refractivity contribution in [3.05, 3.63) is 71.8 Å². The van der Waals surface area contributed by atoms with Crippen LogP contribution in [0.25, 0.3) is 0 Å². The maximum atomic E-state index is 14.2. The summed E-state index contributed by atoms with van der Waals surface area (Å²) in [6, 6.07) is 16.7. The van der Waals surface area contributed by atoms with E-state index in [1.54, 1.807) is 0 Å². The van der Waals surface area contributed by atoms with Crippen LogP contribution in [0.3, 0.4) is 0 Å². The first-order chi connectivity index (χ1) is 26.4. The number of aryl methyl sites for hydroxylation is 1. The smallest absolute Gasteiger partial charge is 0.243 e. The van der Waals surface area contributed by atoms with E-state index in [1.165, 1.54) is 12.8 Å². The third kappa shape index (κ3) is 14.3. The summed E-state index contributed by atoms with van der Waals surface area (Å²) >= 11 is 0. The van der Waals surface area contributed by atoms with E-state index < -0.39 is 29.9 Å². The van der Waals surface area contributed by atoms with Gasteiger partial charge < -0.3 is 30.7 Å². The van der Waals surface area contributed by atoms with Crippen molar-refractivity contribution in [3.8, 4) is 0 Å². The molecule has 5 rings (SSSR count). The molecule has 2 aliphatic heterocycles. The molecule has 1 saturated carbocycles. The average Bonchev–Trinajstić information content (AvgIpc) is 4.10. The third-order valence-electron chi connectivity index (χ3n) is 10.9. The Bertz CT molecular complexity index is 1510. The number of morpholine rings is 1. The summed E-state index contributed by atoms with van der Waals surface area (Å²) in [6.07, 6.45) is 6.17. The molecule has 4 amide bonds. The van der Waals surface area contributed by atoms with Gasteiger partial charge in [-0.3, -0.25) is 24.1 Å². The molecule has 2 aromatic rings. The number of rotatable bonds is 22. The molecule has 11 nitrogen and oxygen atoms in total. The predicted molar refractivity (Wildman–Crippen MR) is 214 cm³/mol. The second-order valence-electron chi connectivity index (χ2n) is 16.9. The molecule has 4 N–H and O–H groups in total. The van der Waals surface area contributed by atoms with Crippen molar-refractivity contribution >= 4 is 23.6 Å². The van der Waals surface area contributed by atoms with Crippen LogP contribution in [-0.2, 0) is 41.5 Å². The highest BCUT2D eigenvalue weighted by atomic mass is 16.6. The van der Waals surface area contributed by atoms with Gasteiger partial charge in [-0.2, -0.15) is 0 Å². The minimum atomic E-state index is -0.917. The van der Waals surface area contributed by atoms with Crippen molar-refractivity contribution in [2.45, 2.75) is 122 Å². The number of carbonyl (C=O) groups excluding carboxylic acids is 4. The van der Waals surface area contributed by atoms with Crippen LogP contribution in [0.4, 0.5) is 0 Å². The Morgan fingerprint density at radius 3 is 1.89 bits per heavy atom. The van der Waals surface area contributed by atoms with Gasteiger partial charge in [-0.05, 0) is 66.9 Å². The summed E-state index contributed by atoms with van der Waals surface area (Å²) in [5, 5.41) is 12.3. The van der Waals surface area contributed by atoms with Gasteiger partial charge in [-0.15, -0.1) is 0 Å². The van der Waals surface area contributed by atoms with E-state index in [2.05, 4.69) is 42.0 Å². The second-order valence-corrected chi connectivity index (χ2v) is 16.9. The van der Waals surface area contributed by atoms with Crippen LogP contribution in [0.15, 0.2) is 60.7 Å². The molecule has 0 aromatic heterocycles. The summed E-state index contributed by atoms with van der Waals surface area (Å²) in [7, 11) is 0. The number of nitrogens with zero attached hydrogens (tertiary/aromatic N) is 1. The lowest BCUT2D eigenvalue weighted by molar-refractivity contribution is -0.134. The average molecular weight is 760 g/mol. The topological polar surface area (TPSA) is 141 Å². The van der Waals surface area contributed by atoms with Gasteiger partial charge in [0.15, 0.2) is 0 Å². The third-order valence-corrected chi connectivity index (χ3v) is 10.9. The molecular formula is C44H65N5O6. The Morgan fingerprint density at radius 1 is 0.691 bits per heavy atom. The van der Waals surface area contributed by atoms with Gasteiger partial charge in [0.1, 0.15) is 24.2 Å². The molecule has 3 fully saturated rings. The van der Waals surface area contributed by atoms with Crippen molar-refractivity contribution in [1.82, 2.24) is 26.2 Å². The molecule has 2 heterocycles. The van der Waals surface area contributed by atoms with Gasteiger partial charge in [0.25, 0.3) is 0 Å². The number of amides is 4. The minimum absolute atomic E-state index is 0.0487. The van der Waals surface area contributed by atoms with Gasteiger partial charge in [0, 0.05) is 19.5 Å². The number of carbonyl (C=O) groups is 4. The Hall–Kier alpha value is -3.80. The molecule has 0 spiro atoms. The first kappa shape index (κ1) is 42.3.